The predicted octanol–water partition coefficient (Wildman–Crippen LogP) is 3.03. The zero-order valence-corrected chi connectivity index (χ0v) is 16.6. The summed E-state index contributed by atoms with van der Waals surface area (Å²) in [5.41, 5.74) is 2.82. The van der Waals surface area contributed by atoms with Gasteiger partial charge < -0.3 is 15.1 Å². The van der Waals surface area contributed by atoms with E-state index in [-0.39, 0.29) is 11.9 Å². The molecule has 1 aliphatic heterocycles. The number of piperazine rings is 1. The van der Waals surface area contributed by atoms with Crippen LogP contribution in [0.4, 0.5) is 11.4 Å². The van der Waals surface area contributed by atoms with Crippen LogP contribution in [0.1, 0.15) is 12.5 Å². The Bertz CT molecular complexity index is 788. The number of anilines is 2. The molecule has 138 valence electrons. The van der Waals surface area contributed by atoms with Gasteiger partial charge in [-0.2, -0.15) is 0 Å². The molecule has 0 saturated carbocycles. The van der Waals surface area contributed by atoms with Crippen LogP contribution in [0.15, 0.2) is 42.5 Å². The molecular weight excluding hydrogens is 369 g/mol. The van der Waals surface area contributed by atoms with E-state index in [0.717, 1.165) is 48.1 Å². The molecule has 1 aliphatic rings. The van der Waals surface area contributed by atoms with Crippen molar-refractivity contribution in [1.29, 1.82) is 0 Å². The lowest BCUT2D eigenvalue weighted by molar-refractivity contribution is -0.914. The summed E-state index contributed by atoms with van der Waals surface area (Å²) in [5, 5.41) is 4.44. The molecule has 2 aromatic rings. The van der Waals surface area contributed by atoms with Crippen LogP contribution >= 0.6 is 23.2 Å². The van der Waals surface area contributed by atoms with Crippen LogP contribution in [0, 0.1) is 6.92 Å². The van der Waals surface area contributed by atoms with Crippen molar-refractivity contribution in [2.45, 2.75) is 19.9 Å². The fraction of sp³-hybridized carbons (Fsp3) is 0.350. The third-order valence-electron chi connectivity index (χ3n) is 5.11. The lowest BCUT2D eigenvalue weighted by Gasteiger charge is -2.36. The monoisotopic (exact) mass is 392 g/mol. The van der Waals surface area contributed by atoms with Gasteiger partial charge in [0.1, 0.15) is 0 Å². The highest BCUT2D eigenvalue weighted by atomic mass is 35.5. The van der Waals surface area contributed by atoms with Crippen molar-refractivity contribution in [3.05, 3.63) is 58.1 Å². The van der Waals surface area contributed by atoms with Crippen molar-refractivity contribution < 1.29 is 9.69 Å². The van der Waals surface area contributed by atoms with Crippen molar-refractivity contribution in [2.24, 2.45) is 0 Å². The van der Waals surface area contributed by atoms with E-state index >= 15 is 0 Å². The molecule has 26 heavy (non-hydrogen) atoms. The molecule has 1 amide bonds. The highest BCUT2D eigenvalue weighted by Crippen LogP contribution is 2.23. The Balaban J connectivity index is 1.58. The minimum absolute atomic E-state index is 0.0292. The van der Waals surface area contributed by atoms with E-state index in [0.29, 0.717) is 5.02 Å². The first kappa shape index (κ1) is 19.0. The molecule has 0 radical (unpaired) electrons. The number of benzene rings is 2. The zero-order valence-electron chi connectivity index (χ0n) is 15.1. The fourth-order valence-corrected chi connectivity index (χ4v) is 3.69. The van der Waals surface area contributed by atoms with E-state index in [1.54, 1.807) is 0 Å². The molecule has 2 N–H and O–H groups in total. The van der Waals surface area contributed by atoms with Crippen LogP contribution in [0.5, 0.6) is 0 Å². The first-order valence-electron chi connectivity index (χ1n) is 8.87. The Morgan fingerprint density at radius 3 is 2.54 bits per heavy atom. The molecule has 1 heterocycles. The molecule has 0 bridgehead atoms. The number of quaternary nitrogens is 1. The van der Waals surface area contributed by atoms with Gasteiger partial charge in [-0.1, -0.05) is 35.3 Å². The standard InChI is InChI=1S/C20H23Cl2N3O/c1-14-18(22)7-4-8-19(14)23-20(26)15(2)24-9-11-25(12-10-24)17-6-3-5-16(21)13-17/h3-8,13,15H,9-12H2,1-2H3,(H,23,26)/p+1/t15-/m0/s1. The molecule has 0 spiro atoms. The number of hydrogen-bond donors (Lipinski definition) is 2. The lowest BCUT2D eigenvalue weighted by Crippen LogP contribution is -3.19. The summed E-state index contributed by atoms with van der Waals surface area (Å²) in [4.78, 5) is 16.3. The first-order chi connectivity index (χ1) is 12.5. The smallest absolute Gasteiger partial charge is 0.282 e. The van der Waals surface area contributed by atoms with Crippen molar-refractivity contribution in [3.63, 3.8) is 0 Å². The van der Waals surface area contributed by atoms with Crippen LogP contribution in [-0.4, -0.2) is 38.1 Å². The molecule has 0 aliphatic carbocycles. The average Bonchev–Trinajstić information content (AvgIpc) is 2.65. The predicted molar refractivity (Wildman–Crippen MR) is 109 cm³/mol. The van der Waals surface area contributed by atoms with Gasteiger partial charge in [0.05, 0.1) is 26.2 Å². The van der Waals surface area contributed by atoms with Crippen LogP contribution in [0.3, 0.4) is 0 Å². The van der Waals surface area contributed by atoms with Gasteiger partial charge in [0.25, 0.3) is 5.91 Å². The quantitative estimate of drug-likeness (QED) is 0.838. The largest absolute Gasteiger partial charge is 0.360 e. The van der Waals surface area contributed by atoms with Gasteiger partial charge in [0, 0.05) is 21.4 Å². The number of hydrogen-bond acceptors (Lipinski definition) is 2. The molecule has 4 nitrogen and oxygen atoms in total. The molecular formula is C20H24Cl2N3O+. The third kappa shape index (κ3) is 4.32. The maximum Gasteiger partial charge on any atom is 0.282 e. The molecule has 1 saturated heterocycles. The normalized spacial score (nSPS) is 16.4. The molecule has 3 rings (SSSR count). The number of nitrogens with one attached hydrogen (secondary N) is 2. The van der Waals surface area contributed by atoms with Crippen molar-refractivity contribution in [2.75, 3.05) is 36.4 Å². The maximum atomic E-state index is 12.7. The summed E-state index contributed by atoms with van der Waals surface area (Å²) < 4.78 is 0. The van der Waals surface area contributed by atoms with Gasteiger partial charge in [0.2, 0.25) is 0 Å². The number of carbonyl (C=O) groups excluding carboxylic acids is 1. The average molecular weight is 393 g/mol. The van der Waals surface area contributed by atoms with Crippen molar-refractivity contribution in [1.82, 2.24) is 0 Å². The van der Waals surface area contributed by atoms with E-state index in [1.807, 2.05) is 50.2 Å². The second kappa shape index (κ2) is 8.30. The second-order valence-corrected chi connectivity index (χ2v) is 7.59. The number of nitrogens with zero attached hydrogens (tertiary/aromatic N) is 1. The van der Waals surface area contributed by atoms with Gasteiger partial charge in [-0.3, -0.25) is 4.79 Å². The van der Waals surface area contributed by atoms with Crippen LogP contribution in [-0.2, 0) is 4.79 Å². The Kier molecular flexibility index (Phi) is 6.07. The Labute approximate surface area is 164 Å². The third-order valence-corrected chi connectivity index (χ3v) is 5.75. The molecule has 2 aromatic carbocycles. The first-order valence-corrected chi connectivity index (χ1v) is 9.62. The summed E-state index contributed by atoms with van der Waals surface area (Å²) >= 11 is 12.2. The van der Waals surface area contributed by atoms with Gasteiger partial charge in [-0.15, -0.1) is 0 Å². The van der Waals surface area contributed by atoms with E-state index in [1.165, 1.54) is 4.90 Å². The number of halogens is 2. The Morgan fingerprint density at radius 2 is 1.85 bits per heavy atom. The van der Waals surface area contributed by atoms with Gasteiger partial charge >= 0.3 is 0 Å². The molecule has 0 unspecified atom stereocenters. The molecule has 6 heteroatoms. The Hall–Kier alpha value is -1.75. The van der Waals surface area contributed by atoms with E-state index in [4.69, 9.17) is 23.2 Å². The summed E-state index contributed by atoms with van der Waals surface area (Å²) in [5.74, 6) is 0.0292. The van der Waals surface area contributed by atoms with E-state index < -0.39 is 0 Å². The zero-order chi connectivity index (χ0) is 18.7. The number of rotatable bonds is 4. The van der Waals surface area contributed by atoms with Crippen LogP contribution < -0.4 is 15.1 Å². The lowest BCUT2D eigenvalue weighted by atomic mass is 10.1. The Morgan fingerprint density at radius 1 is 1.15 bits per heavy atom. The number of amides is 1. The highest BCUT2D eigenvalue weighted by molar-refractivity contribution is 6.31. The molecule has 0 aromatic heterocycles. The van der Waals surface area contributed by atoms with Crippen molar-refractivity contribution in [3.8, 4) is 0 Å². The van der Waals surface area contributed by atoms with Crippen LogP contribution in [0.25, 0.3) is 0 Å². The molecule has 1 atom stereocenters. The van der Waals surface area contributed by atoms with Gasteiger partial charge in [-0.05, 0) is 49.7 Å². The second-order valence-electron chi connectivity index (χ2n) is 6.75. The number of carbonyl (C=O) groups is 1. The van der Waals surface area contributed by atoms with E-state index in [9.17, 15) is 4.79 Å². The van der Waals surface area contributed by atoms with Crippen molar-refractivity contribution >= 4 is 40.5 Å². The highest BCUT2D eigenvalue weighted by Gasteiger charge is 2.29. The van der Waals surface area contributed by atoms with Gasteiger partial charge in [0.15, 0.2) is 6.04 Å². The van der Waals surface area contributed by atoms with E-state index in [2.05, 4.69) is 16.3 Å². The minimum atomic E-state index is -0.116. The maximum absolute atomic E-state index is 12.7. The van der Waals surface area contributed by atoms with Gasteiger partial charge in [-0.25, -0.2) is 0 Å². The molecule has 1 fully saturated rings. The topological polar surface area (TPSA) is 36.8 Å². The summed E-state index contributed by atoms with van der Waals surface area (Å²) in [7, 11) is 0. The summed E-state index contributed by atoms with van der Waals surface area (Å²) in [6.45, 7) is 7.54. The fourth-order valence-electron chi connectivity index (χ4n) is 3.33. The summed E-state index contributed by atoms with van der Waals surface area (Å²) in [6.07, 6.45) is 0. The SMILES string of the molecule is Cc1c(Cl)cccc1NC(=O)[C@H](C)[NH+]1CCN(c2cccc(Cl)c2)CC1. The van der Waals surface area contributed by atoms with Crippen LogP contribution in [0.2, 0.25) is 10.0 Å². The minimum Gasteiger partial charge on any atom is -0.360 e. The summed E-state index contributed by atoms with van der Waals surface area (Å²) in [6, 6.07) is 13.4.